The molecule has 1 fully saturated rings. The Morgan fingerprint density at radius 2 is 2.04 bits per heavy atom. The fourth-order valence-electron chi connectivity index (χ4n) is 3.03. The van der Waals surface area contributed by atoms with Gasteiger partial charge in [0.05, 0.1) is 22.8 Å². The van der Waals surface area contributed by atoms with Crippen molar-refractivity contribution in [2.75, 3.05) is 0 Å². The van der Waals surface area contributed by atoms with Crippen molar-refractivity contribution >= 4 is 17.2 Å². The van der Waals surface area contributed by atoms with Crippen LogP contribution < -0.4 is 5.32 Å². The Bertz CT molecular complexity index is 714. The lowest BCUT2D eigenvalue weighted by Gasteiger charge is -2.28. The van der Waals surface area contributed by atoms with Gasteiger partial charge < -0.3 is 10.4 Å². The lowest BCUT2D eigenvalue weighted by Crippen LogP contribution is -2.45. The van der Waals surface area contributed by atoms with Crippen molar-refractivity contribution in [1.29, 1.82) is 0 Å². The molecule has 0 saturated heterocycles. The molecule has 1 saturated carbocycles. The number of nitrogens with zero attached hydrogens (tertiary/aromatic N) is 1. The van der Waals surface area contributed by atoms with E-state index in [0.29, 0.717) is 17.0 Å². The summed E-state index contributed by atoms with van der Waals surface area (Å²) in [6, 6.07) is 6.13. The highest BCUT2D eigenvalue weighted by molar-refractivity contribution is 7.13. The third-order valence-corrected chi connectivity index (χ3v) is 5.52. The summed E-state index contributed by atoms with van der Waals surface area (Å²) >= 11 is 1.36. The number of hydrogen-bond donors (Lipinski definition) is 2. The number of thiazole rings is 1. The number of aromatic nitrogens is 1. The average Bonchev–Trinajstić information content (AvgIpc) is 2.92. The van der Waals surface area contributed by atoms with Gasteiger partial charge in [-0.2, -0.15) is 0 Å². The number of aliphatic hydroxyl groups excluding tert-OH is 1. The second-order valence-corrected chi connectivity index (χ2v) is 7.34. The van der Waals surface area contributed by atoms with Gasteiger partial charge in [-0.1, -0.05) is 25.0 Å². The van der Waals surface area contributed by atoms with Crippen molar-refractivity contribution in [1.82, 2.24) is 10.3 Å². The molecule has 1 aromatic heterocycles. The molecular formula is C18H21FN2O2S. The van der Waals surface area contributed by atoms with Gasteiger partial charge in [-0.15, -0.1) is 11.3 Å². The molecular weight excluding hydrogens is 327 g/mol. The number of hydrogen-bond acceptors (Lipinski definition) is 4. The highest BCUT2D eigenvalue weighted by Gasteiger charge is 2.26. The summed E-state index contributed by atoms with van der Waals surface area (Å²) < 4.78 is 13.0. The number of amides is 1. The van der Waals surface area contributed by atoms with Crippen molar-refractivity contribution in [3.8, 4) is 0 Å². The minimum atomic E-state index is -0.463. The van der Waals surface area contributed by atoms with Gasteiger partial charge in [0.1, 0.15) is 10.7 Å². The molecule has 24 heavy (non-hydrogen) atoms. The quantitative estimate of drug-likeness (QED) is 0.892. The summed E-state index contributed by atoms with van der Waals surface area (Å²) in [5, 5.41) is 13.8. The molecule has 0 radical (unpaired) electrons. The molecule has 3 rings (SSSR count). The lowest BCUT2D eigenvalue weighted by molar-refractivity contribution is 0.0719. The van der Waals surface area contributed by atoms with E-state index in [9.17, 15) is 14.3 Å². The van der Waals surface area contributed by atoms with Gasteiger partial charge in [0.2, 0.25) is 0 Å². The first-order valence-electron chi connectivity index (χ1n) is 8.22. The summed E-state index contributed by atoms with van der Waals surface area (Å²) in [4.78, 5) is 17.5. The van der Waals surface area contributed by atoms with E-state index in [4.69, 9.17) is 0 Å². The number of carbonyl (C=O) groups excluding carboxylic acids is 1. The van der Waals surface area contributed by atoms with E-state index < -0.39 is 6.10 Å². The van der Waals surface area contributed by atoms with Crippen LogP contribution in [-0.2, 0) is 6.42 Å². The molecule has 1 amide bonds. The summed E-state index contributed by atoms with van der Waals surface area (Å²) in [7, 11) is 0. The summed E-state index contributed by atoms with van der Waals surface area (Å²) in [6.07, 6.45) is 3.70. The molecule has 2 unspecified atom stereocenters. The fourth-order valence-corrected chi connectivity index (χ4v) is 4.03. The fraction of sp³-hybridized carbons (Fsp3) is 0.444. The van der Waals surface area contributed by atoms with E-state index in [1.54, 1.807) is 12.1 Å². The van der Waals surface area contributed by atoms with Crippen LogP contribution in [0.1, 0.15) is 51.6 Å². The number of carbonyl (C=O) groups is 1. The second kappa shape index (κ2) is 7.40. The zero-order valence-electron chi connectivity index (χ0n) is 13.6. The maximum atomic E-state index is 13.0. The summed E-state index contributed by atoms with van der Waals surface area (Å²) in [5.41, 5.74) is 1.65. The third kappa shape index (κ3) is 3.99. The molecule has 0 spiro atoms. The monoisotopic (exact) mass is 348 g/mol. The molecule has 4 nitrogen and oxygen atoms in total. The maximum absolute atomic E-state index is 13.0. The molecule has 2 atom stereocenters. The normalized spacial score (nSPS) is 20.8. The number of halogens is 1. The maximum Gasteiger partial charge on any atom is 0.263 e. The second-order valence-electron chi connectivity index (χ2n) is 6.26. The molecule has 128 valence electrons. The van der Waals surface area contributed by atoms with Gasteiger partial charge >= 0.3 is 0 Å². The predicted molar refractivity (Wildman–Crippen MR) is 91.8 cm³/mol. The van der Waals surface area contributed by atoms with E-state index in [1.807, 2.05) is 6.92 Å². The van der Waals surface area contributed by atoms with Crippen LogP contribution in [0.4, 0.5) is 4.39 Å². The van der Waals surface area contributed by atoms with E-state index in [-0.39, 0.29) is 17.8 Å². The molecule has 6 heteroatoms. The molecule has 1 aliphatic rings. The average molecular weight is 348 g/mol. The van der Waals surface area contributed by atoms with Crippen LogP contribution in [0.2, 0.25) is 0 Å². The largest absolute Gasteiger partial charge is 0.391 e. The standard InChI is InChI=1S/C18H21FN2O2S/c1-11-17(18(23)21-14-4-2-3-5-15(14)22)24-16(20-11)10-12-6-8-13(19)9-7-12/h6-9,14-15,22H,2-5,10H2,1H3,(H,21,23). The molecule has 1 aromatic carbocycles. The Kier molecular flexibility index (Phi) is 5.26. The number of benzene rings is 1. The minimum Gasteiger partial charge on any atom is -0.391 e. The highest BCUT2D eigenvalue weighted by Crippen LogP contribution is 2.23. The first-order valence-corrected chi connectivity index (χ1v) is 9.04. The van der Waals surface area contributed by atoms with E-state index in [1.165, 1.54) is 23.5 Å². The van der Waals surface area contributed by atoms with Crippen molar-refractivity contribution in [2.24, 2.45) is 0 Å². The van der Waals surface area contributed by atoms with Gasteiger partial charge in [0.25, 0.3) is 5.91 Å². The van der Waals surface area contributed by atoms with Crippen LogP contribution in [0.3, 0.4) is 0 Å². The first kappa shape index (κ1) is 17.0. The van der Waals surface area contributed by atoms with E-state index in [2.05, 4.69) is 10.3 Å². The molecule has 0 aliphatic heterocycles. The number of rotatable bonds is 4. The van der Waals surface area contributed by atoms with Crippen molar-refractivity contribution in [3.05, 3.63) is 51.2 Å². The summed E-state index contributed by atoms with van der Waals surface area (Å²) in [6.45, 7) is 1.82. The lowest BCUT2D eigenvalue weighted by atomic mass is 9.92. The van der Waals surface area contributed by atoms with Gasteiger partial charge in [-0.3, -0.25) is 4.79 Å². The Hall–Kier alpha value is -1.79. The zero-order chi connectivity index (χ0) is 17.1. The number of nitrogens with one attached hydrogen (secondary N) is 1. The van der Waals surface area contributed by atoms with Crippen LogP contribution in [0, 0.1) is 12.7 Å². The van der Waals surface area contributed by atoms with Crippen molar-refractivity contribution < 1.29 is 14.3 Å². The zero-order valence-corrected chi connectivity index (χ0v) is 14.4. The van der Waals surface area contributed by atoms with E-state index >= 15 is 0 Å². The van der Waals surface area contributed by atoms with Gasteiger partial charge in [-0.25, -0.2) is 9.37 Å². The SMILES string of the molecule is Cc1nc(Cc2ccc(F)cc2)sc1C(=O)NC1CCCCC1O. The van der Waals surface area contributed by atoms with Crippen molar-refractivity contribution in [3.63, 3.8) is 0 Å². The van der Waals surface area contributed by atoms with Crippen molar-refractivity contribution in [2.45, 2.75) is 51.2 Å². The number of aryl methyl sites for hydroxylation is 1. The Morgan fingerprint density at radius 1 is 1.33 bits per heavy atom. The number of aliphatic hydroxyl groups is 1. The van der Waals surface area contributed by atoms with Gasteiger partial charge in [0, 0.05) is 6.42 Å². The highest BCUT2D eigenvalue weighted by atomic mass is 32.1. The van der Waals surface area contributed by atoms with Gasteiger partial charge in [-0.05, 0) is 37.5 Å². The molecule has 2 aromatic rings. The molecule has 0 bridgehead atoms. The summed E-state index contributed by atoms with van der Waals surface area (Å²) in [5.74, 6) is -0.429. The Labute approximate surface area is 144 Å². The minimum absolute atomic E-state index is 0.165. The first-order chi connectivity index (χ1) is 11.5. The van der Waals surface area contributed by atoms with Crippen LogP contribution in [0.5, 0.6) is 0 Å². The van der Waals surface area contributed by atoms with Crippen LogP contribution in [0.15, 0.2) is 24.3 Å². The van der Waals surface area contributed by atoms with Crippen LogP contribution in [-0.4, -0.2) is 28.1 Å². The molecule has 2 N–H and O–H groups in total. The Morgan fingerprint density at radius 3 is 2.75 bits per heavy atom. The smallest absolute Gasteiger partial charge is 0.263 e. The van der Waals surface area contributed by atoms with Crippen LogP contribution >= 0.6 is 11.3 Å². The molecule has 1 heterocycles. The van der Waals surface area contributed by atoms with Gasteiger partial charge in [0.15, 0.2) is 0 Å². The van der Waals surface area contributed by atoms with Crippen LogP contribution in [0.25, 0.3) is 0 Å². The topological polar surface area (TPSA) is 62.2 Å². The van der Waals surface area contributed by atoms with E-state index in [0.717, 1.165) is 36.3 Å². The predicted octanol–water partition coefficient (Wildman–Crippen LogP) is 3.21. The molecule has 1 aliphatic carbocycles. The third-order valence-electron chi connectivity index (χ3n) is 4.36. The Balaban J connectivity index is 1.68.